The predicted octanol–water partition coefficient (Wildman–Crippen LogP) is 3.79. The minimum absolute atomic E-state index is 0.0536. The number of rotatable bonds is 2. The van der Waals surface area contributed by atoms with Crippen molar-refractivity contribution in [1.82, 2.24) is 19.6 Å². The highest BCUT2D eigenvalue weighted by molar-refractivity contribution is 5.85. The molecule has 5 rings (SSSR count). The fourth-order valence-corrected chi connectivity index (χ4v) is 4.60. The first-order valence-electron chi connectivity index (χ1n) is 10.6. The van der Waals surface area contributed by atoms with Crippen LogP contribution in [0.3, 0.4) is 0 Å². The Kier molecular flexibility index (Phi) is 4.73. The fraction of sp³-hybridized carbons (Fsp3) is 0.455. The number of anilines is 1. The molecule has 7 heteroatoms. The number of benzene rings is 1. The summed E-state index contributed by atoms with van der Waals surface area (Å²) in [4.78, 5) is 21.5. The van der Waals surface area contributed by atoms with Gasteiger partial charge in [0.25, 0.3) is 0 Å². The maximum atomic E-state index is 13.8. The standard InChI is InChI=1S/C22H26FN5O/c23-16-8-9-19-18(15-16)25-21(20-7-4-10-28(19)20)26-11-13-27(14-12-26)22(29)24-17-5-2-1-3-6-17/h4,7-10,15,17H,1-3,5-6,11-14H2,(H,24,29). The molecule has 1 aromatic carbocycles. The third kappa shape index (κ3) is 3.50. The first kappa shape index (κ1) is 18.2. The number of urea groups is 1. The summed E-state index contributed by atoms with van der Waals surface area (Å²) in [5.74, 6) is 0.562. The minimum atomic E-state index is -0.286. The summed E-state index contributed by atoms with van der Waals surface area (Å²) < 4.78 is 15.8. The Morgan fingerprint density at radius 2 is 1.83 bits per heavy atom. The van der Waals surface area contributed by atoms with Crippen molar-refractivity contribution >= 4 is 28.4 Å². The zero-order valence-corrected chi connectivity index (χ0v) is 16.5. The molecule has 0 atom stereocenters. The van der Waals surface area contributed by atoms with Gasteiger partial charge in [-0.2, -0.15) is 0 Å². The molecule has 1 aliphatic heterocycles. The van der Waals surface area contributed by atoms with E-state index >= 15 is 0 Å². The Balaban J connectivity index is 1.33. The molecule has 2 fully saturated rings. The van der Waals surface area contributed by atoms with Crippen molar-refractivity contribution in [3.8, 4) is 0 Å². The molecule has 2 aliphatic rings. The molecule has 0 radical (unpaired) electrons. The van der Waals surface area contributed by atoms with Gasteiger partial charge in [-0.15, -0.1) is 0 Å². The van der Waals surface area contributed by atoms with Crippen molar-refractivity contribution in [2.45, 2.75) is 38.1 Å². The molecule has 29 heavy (non-hydrogen) atoms. The van der Waals surface area contributed by atoms with E-state index in [1.165, 1.54) is 31.4 Å². The monoisotopic (exact) mass is 395 g/mol. The molecule has 1 aliphatic carbocycles. The van der Waals surface area contributed by atoms with Crippen LogP contribution in [-0.4, -0.2) is 52.5 Å². The quantitative estimate of drug-likeness (QED) is 0.718. The van der Waals surface area contributed by atoms with Gasteiger partial charge in [-0.05, 0) is 37.1 Å². The molecular formula is C22H26FN5O. The number of hydrogen-bond donors (Lipinski definition) is 1. The van der Waals surface area contributed by atoms with Crippen molar-refractivity contribution in [3.63, 3.8) is 0 Å². The van der Waals surface area contributed by atoms with Gasteiger partial charge in [0.15, 0.2) is 5.82 Å². The number of aromatic nitrogens is 2. The van der Waals surface area contributed by atoms with Crippen LogP contribution in [0.1, 0.15) is 32.1 Å². The fourth-order valence-electron chi connectivity index (χ4n) is 4.60. The van der Waals surface area contributed by atoms with Crippen LogP contribution in [0.2, 0.25) is 0 Å². The lowest BCUT2D eigenvalue weighted by atomic mass is 9.96. The lowest BCUT2D eigenvalue weighted by Gasteiger charge is -2.36. The van der Waals surface area contributed by atoms with Gasteiger partial charge in [0.2, 0.25) is 0 Å². The number of carbonyl (C=O) groups is 1. The lowest BCUT2D eigenvalue weighted by Crippen LogP contribution is -2.54. The Labute approximate surface area is 169 Å². The van der Waals surface area contributed by atoms with Gasteiger partial charge in [0.05, 0.1) is 16.6 Å². The van der Waals surface area contributed by atoms with Crippen LogP contribution in [0.4, 0.5) is 15.0 Å². The van der Waals surface area contributed by atoms with Crippen molar-refractivity contribution in [3.05, 3.63) is 42.3 Å². The number of piperazine rings is 1. The lowest BCUT2D eigenvalue weighted by molar-refractivity contribution is 0.186. The number of nitrogens with one attached hydrogen (secondary N) is 1. The maximum absolute atomic E-state index is 13.8. The third-order valence-corrected chi connectivity index (χ3v) is 6.20. The Morgan fingerprint density at radius 1 is 1.03 bits per heavy atom. The van der Waals surface area contributed by atoms with Crippen molar-refractivity contribution in [1.29, 1.82) is 0 Å². The van der Waals surface area contributed by atoms with Crippen molar-refractivity contribution < 1.29 is 9.18 Å². The van der Waals surface area contributed by atoms with Crippen molar-refractivity contribution in [2.75, 3.05) is 31.1 Å². The minimum Gasteiger partial charge on any atom is -0.351 e. The van der Waals surface area contributed by atoms with Crippen LogP contribution in [0.5, 0.6) is 0 Å². The number of carbonyl (C=O) groups excluding carboxylic acids is 1. The molecule has 1 N–H and O–H groups in total. The van der Waals surface area contributed by atoms with Crippen LogP contribution in [0.25, 0.3) is 16.6 Å². The first-order valence-corrected chi connectivity index (χ1v) is 10.6. The highest BCUT2D eigenvalue weighted by atomic mass is 19.1. The van der Waals surface area contributed by atoms with Gasteiger partial charge in [-0.3, -0.25) is 0 Å². The summed E-state index contributed by atoms with van der Waals surface area (Å²) >= 11 is 0. The summed E-state index contributed by atoms with van der Waals surface area (Å²) in [6.45, 7) is 2.75. The summed E-state index contributed by atoms with van der Waals surface area (Å²) in [7, 11) is 0. The molecule has 2 amide bonds. The van der Waals surface area contributed by atoms with Gasteiger partial charge < -0.3 is 19.5 Å². The van der Waals surface area contributed by atoms with E-state index in [1.807, 2.05) is 23.2 Å². The average Bonchev–Trinajstić information content (AvgIpc) is 3.24. The van der Waals surface area contributed by atoms with E-state index in [0.717, 1.165) is 29.7 Å². The second-order valence-corrected chi connectivity index (χ2v) is 8.09. The predicted molar refractivity (Wildman–Crippen MR) is 112 cm³/mol. The molecule has 0 unspecified atom stereocenters. The number of amides is 2. The van der Waals surface area contributed by atoms with Crippen LogP contribution >= 0.6 is 0 Å². The Bertz CT molecular complexity index is 1030. The normalized spacial score (nSPS) is 18.5. The largest absolute Gasteiger partial charge is 0.351 e. The molecular weight excluding hydrogens is 369 g/mol. The smallest absolute Gasteiger partial charge is 0.317 e. The molecule has 1 saturated heterocycles. The topological polar surface area (TPSA) is 52.9 Å². The first-order chi connectivity index (χ1) is 14.2. The van der Waals surface area contributed by atoms with Crippen LogP contribution in [0.15, 0.2) is 36.5 Å². The van der Waals surface area contributed by atoms with E-state index in [-0.39, 0.29) is 11.8 Å². The zero-order valence-electron chi connectivity index (χ0n) is 16.5. The van der Waals surface area contributed by atoms with Gasteiger partial charge in [0, 0.05) is 44.5 Å². The van der Waals surface area contributed by atoms with E-state index in [4.69, 9.17) is 4.98 Å². The van der Waals surface area contributed by atoms with Crippen LogP contribution in [-0.2, 0) is 0 Å². The maximum Gasteiger partial charge on any atom is 0.317 e. The summed E-state index contributed by atoms with van der Waals surface area (Å²) in [6.07, 6.45) is 7.86. The molecule has 6 nitrogen and oxygen atoms in total. The van der Waals surface area contributed by atoms with E-state index in [2.05, 4.69) is 14.6 Å². The molecule has 0 bridgehead atoms. The third-order valence-electron chi connectivity index (χ3n) is 6.20. The highest BCUT2D eigenvalue weighted by Crippen LogP contribution is 2.27. The number of halogens is 1. The average molecular weight is 395 g/mol. The molecule has 2 aromatic heterocycles. The second-order valence-electron chi connectivity index (χ2n) is 8.09. The van der Waals surface area contributed by atoms with Crippen LogP contribution in [0, 0.1) is 5.82 Å². The van der Waals surface area contributed by atoms with Gasteiger partial charge in [-0.25, -0.2) is 14.2 Å². The van der Waals surface area contributed by atoms with E-state index in [1.54, 1.807) is 6.07 Å². The van der Waals surface area contributed by atoms with E-state index < -0.39 is 0 Å². The van der Waals surface area contributed by atoms with E-state index in [0.29, 0.717) is 37.7 Å². The number of fused-ring (bicyclic) bond motifs is 3. The molecule has 3 heterocycles. The molecule has 1 saturated carbocycles. The molecule has 0 spiro atoms. The SMILES string of the molecule is O=C(NC1CCCCC1)N1CCN(c2nc3cc(F)ccc3n3cccc23)CC1. The van der Waals surface area contributed by atoms with Crippen LogP contribution < -0.4 is 10.2 Å². The highest BCUT2D eigenvalue weighted by Gasteiger charge is 2.25. The van der Waals surface area contributed by atoms with Gasteiger partial charge >= 0.3 is 6.03 Å². The number of nitrogens with zero attached hydrogens (tertiary/aromatic N) is 4. The Hall–Kier alpha value is -2.83. The molecule has 152 valence electrons. The van der Waals surface area contributed by atoms with E-state index in [9.17, 15) is 9.18 Å². The zero-order chi connectivity index (χ0) is 19.8. The summed E-state index contributed by atoms with van der Waals surface area (Å²) in [5.41, 5.74) is 2.53. The summed E-state index contributed by atoms with van der Waals surface area (Å²) in [5, 5.41) is 3.21. The summed E-state index contributed by atoms with van der Waals surface area (Å²) in [6, 6.07) is 9.11. The Morgan fingerprint density at radius 3 is 2.62 bits per heavy atom. The van der Waals surface area contributed by atoms with Gasteiger partial charge in [-0.1, -0.05) is 19.3 Å². The number of hydrogen-bond acceptors (Lipinski definition) is 3. The van der Waals surface area contributed by atoms with Crippen molar-refractivity contribution in [2.24, 2.45) is 0 Å². The van der Waals surface area contributed by atoms with Gasteiger partial charge in [0.1, 0.15) is 5.82 Å². The molecule has 3 aromatic rings. The second kappa shape index (κ2) is 7.54.